The van der Waals surface area contributed by atoms with Gasteiger partial charge in [0.25, 0.3) is 0 Å². The molecule has 1 atom stereocenters. The second-order valence-electron chi connectivity index (χ2n) is 4.68. The summed E-state index contributed by atoms with van der Waals surface area (Å²) in [5, 5.41) is 0. The fourth-order valence-corrected chi connectivity index (χ4v) is 2.17. The number of carbonyl (C=O) groups excluding carboxylic acids is 1. The van der Waals surface area contributed by atoms with Gasteiger partial charge in [-0.15, -0.1) is 0 Å². The summed E-state index contributed by atoms with van der Waals surface area (Å²) in [6.07, 6.45) is 6.95. The Balaban J connectivity index is 2.23. The summed E-state index contributed by atoms with van der Waals surface area (Å²) in [6, 6.07) is 0.646. The highest BCUT2D eigenvalue weighted by molar-refractivity contribution is 5.87. The van der Waals surface area contributed by atoms with Gasteiger partial charge in [-0.25, -0.2) is 0 Å². The Hall–Kier alpha value is -0.870. The van der Waals surface area contributed by atoms with Crippen LogP contribution in [0.1, 0.15) is 19.3 Å². The average Bonchev–Trinajstić information content (AvgIpc) is 2.72. The lowest BCUT2D eigenvalue weighted by molar-refractivity contribution is -0.125. The van der Waals surface area contributed by atoms with Gasteiger partial charge in [-0.1, -0.05) is 6.08 Å². The summed E-state index contributed by atoms with van der Waals surface area (Å²) in [5.74, 6) is 0.0581. The molecule has 0 saturated carbocycles. The van der Waals surface area contributed by atoms with Gasteiger partial charge >= 0.3 is 0 Å². The molecule has 1 saturated heterocycles. The number of hydrogen-bond donors (Lipinski definition) is 0. The third-order valence-corrected chi connectivity index (χ3v) is 3.37. The van der Waals surface area contributed by atoms with Crippen LogP contribution in [-0.2, 0) is 9.53 Å². The molecule has 4 nitrogen and oxygen atoms in total. The van der Waals surface area contributed by atoms with Crippen molar-refractivity contribution in [3.8, 4) is 0 Å². The maximum Gasteiger partial charge on any atom is 0.246 e. The van der Waals surface area contributed by atoms with E-state index in [0.717, 1.165) is 13.0 Å². The third kappa shape index (κ3) is 4.88. The van der Waals surface area contributed by atoms with Gasteiger partial charge in [0.05, 0.1) is 6.61 Å². The van der Waals surface area contributed by atoms with E-state index in [4.69, 9.17) is 4.74 Å². The van der Waals surface area contributed by atoms with Crippen molar-refractivity contribution in [2.24, 2.45) is 0 Å². The van der Waals surface area contributed by atoms with Gasteiger partial charge < -0.3 is 14.5 Å². The molecule has 4 heteroatoms. The number of rotatable bonds is 6. The number of hydrogen-bond acceptors (Lipinski definition) is 3. The molecule has 0 aromatic carbocycles. The molecule has 1 rings (SSSR count). The van der Waals surface area contributed by atoms with Gasteiger partial charge in [0.2, 0.25) is 5.91 Å². The van der Waals surface area contributed by atoms with E-state index >= 15 is 0 Å². The Morgan fingerprint density at radius 3 is 2.94 bits per heavy atom. The van der Waals surface area contributed by atoms with Gasteiger partial charge in [-0.2, -0.15) is 0 Å². The van der Waals surface area contributed by atoms with E-state index in [1.807, 2.05) is 7.05 Å². The first-order valence-corrected chi connectivity index (χ1v) is 6.26. The molecule has 0 aliphatic carbocycles. The van der Waals surface area contributed by atoms with Crippen LogP contribution in [0.5, 0.6) is 0 Å². The minimum absolute atomic E-state index is 0.0581. The minimum Gasteiger partial charge on any atom is -0.381 e. The zero-order chi connectivity index (χ0) is 12.7. The van der Waals surface area contributed by atoms with E-state index in [2.05, 4.69) is 11.9 Å². The number of methoxy groups -OCH3 is 1. The van der Waals surface area contributed by atoms with Crippen LogP contribution in [0, 0.1) is 0 Å². The predicted octanol–water partition coefficient (Wildman–Crippen LogP) is 1.13. The number of nitrogens with zero attached hydrogens (tertiary/aromatic N) is 2. The van der Waals surface area contributed by atoms with Crippen molar-refractivity contribution in [3.63, 3.8) is 0 Å². The van der Waals surface area contributed by atoms with Crippen LogP contribution in [-0.4, -0.2) is 62.7 Å². The second kappa shape index (κ2) is 7.45. The lowest BCUT2D eigenvalue weighted by Gasteiger charge is -2.22. The quantitative estimate of drug-likeness (QED) is 0.653. The number of ether oxygens (including phenoxy) is 1. The van der Waals surface area contributed by atoms with E-state index in [-0.39, 0.29) is 5.91 Å². The molecule has 98 valence electrons. The first kappa shape index (κ1) is 14.2. The van der Waals surface area contributed by atoms with Crippen LogP contribution < -0.4 is 0 Å². The summed E-state index contributed by atoms with van der Waals surface area (Å²) >= 11 is 0. The van der Waals surface area contributed by atoms with Crippen LogP contribution in [0.15, 0.2) is 12.2 Å². The zero-order valence-corrected chi connectivity index (χ0v) is 11.2. The van der Waals surface area contributed by atoms with Crippen LogP contribution in [0.4, 0.5) is 0 Å². The Bertz CT molecular complexity index is 266. The van der Waals surface area contributed by atoms with E-state index in [1.54, 1.807) is 24.2 Å². The van der Waals surface area contributed by atoms with Crippen molar-refractivity contribution in [3.05, 3.63) is 12.2 Å². The Labute approximate surface area is 104 Å². The summed E-state index contributed by atoms with van der Waals surface area (Å²) < 4.78 is 4.86. The predicted molar refractivity (Wildman–Crippen MR) is 68.9 cm³/mol. The van der Waals surface area contributed by atoms with E-state index in [9.17, 15) is 4.79 Å². The van der Waals surface area contributed by atoms with Crippen LogP contribution in [0.2, 0.25) is 0 Å². The SMILES string of the molecule is COC/C=C/C(=O)N(C)CCC1CCCN1C. The van der Waals surface area contributed by atoms with E-state index in [1.165, 1.54) is 19.4 Å². The molecule has 1 heterocycles. The Morgan fingerprint density at radius 1 is 1.59 bits per heavy atom. The topological polar surface area (TPSA) is 32.8 Å². The highest BCUT2D eigenvalue weighted by atomic mass is 16.5. The summed E-state index contributed by atoms with van der Waals surface area (Å²) in [6.45, 7) is 2.51. The van der Waals surface area contributed by atoms with Gasteiger partial charge in [0.15, 0.2) is 0 Å². The molecule has 0 aromatic heterocycles. The zero-order valence-electron chi connectivity index (χ0n) is 11.2. The standard InChI is InChI=1S/C13H24N2O2/c1-14-9-4-6-12(14)8-10-15(2)13(16)7-5-11-17-3/h5,7,12H,4,6,8-11H2,1-3H3/b7-5+. The van der Waals surface area contributed by atoms with E-state index < -0.39 is 0 Å². The smallest absolute Gasteiger partial charge is 0.246 e. The molecule has 1 aliphatic rings. The number of likely N-dealkylation sites (tertiary alicyclic amines) is 1. The largest absolute Gasteiger partial charge is 0.381 e. The molecular weight excluding hydrogens is 216 g/mol. The summed E-state index contributed by atoms with van der Waals surface area (Å²) in [4.78, 5) is 15.8. The number of likely N-dealkylation sites (N-methyl/N-ethyl adjacent to an activating group) is 1. The van der Waals surface area contributed by atoms with Gasteiger partial charge in [0.1, 0.15) is 0 Å². The third-order valence-electron chi connectivity index (χ3n) is 3.37. The first-order valence-electron chi connectivity index (χ1n) is 6.26. The average molecular weight is 240 g/mol. The van der Waals surface area contributed by atoms with E-state index in [0.29, 0.717) is 12.6 Å². The van der Waals surface area contributed by atoms with Crippen LogP contribution in [0.25, 0.3) is 0 Å². The number of carbonyl (C=O) groups is 1. The lowest BCUT2D eigenvalue weighted by atomic mass is 10.1. The van der Waals surface area contributed by atoms with Crippen molar-refractivity contribution in [1.82, 2.24) is 9.80 Å². The Kier molecular flexibility index (Phi) is 6.22. The van der Waals surface area contributed by atoms with Crippen molar-refractivity contribution in [1.29, 1.82) is 0 Å². The molecule has 0 aromatic rings. The molecular formula is C13H24N2O2. The molecule has 0 radical (unpaired) electrons. The molecule has 1 unspecified atom stereocenters. The lowest BCUT2D eigenvalue weighted by Crippen LogP contribution is -2.32. The molecule has 17 heavy (non-hydrogen) atoms. The molecule has 1 amide bonds. The van der Waals surface area contributed by atoms with Gasteiger partial charge in [-0.05, 0) is 32.9 Å². The van der Waals surface area contributed by atoms with Crippen molar-refractivity contribution in [2.75, 3.05) is 40.9 Å². The molecule has 0 bridgehead atoms. The molecule has 1 fully saturated rings. The van der Waals surface area contributed by atoms with Crippen molar-refractivity contribution >= 4 is 5.91 Å². The van der Waals surface area contributed by atoms with Crippen molar-refractivity contribution in [2.45, 2.75) is 25.3 Å². The number of amides is 1. The summed E-state index contributed by atoms with van der Waals surface area (Å²) in [7, 11) is 5.64. The van der Waals surface area contributed by atoms with Crippen LogP contribution in [0.3, 0.4) is 0 Å². The maximum atomic E-state index is 11.7. The first-order chi connectivity index (χ1) is 8.15. The highest BCUT2D eigenvalue weighted by Crippen LogP contribution is 2.17. The second-order valence-corrected chi connectivity index (χ2v) is 4.68. The fourth-order valence-electron chi connectivity index (χ4n) is 2.17. The maximum absolute atomic E-state index is 11.7. The monoisotopic (exact) mass is 240 g/mol. The molecule has 0 N–H and O–H groups in total. The Morgan fingerprint density at radius 2 is 2.35 bits per heavy atom. The normalized spacial score (nSPS) is 21.2. The fraction of sp³-hybridized carbons (Fsp3) is 0.769. The van der Waals surface area contributed by atoms with Crippen molar-refractivity contribution < 1.29 is 9.53 Å². The highest BCUT2D eigenvalue weighted by Gasteiger charge is 2.21. The van der Waals surface area contributed by atoms with Crippen LogP contribution >= 0.6 is 0 Å². The molecule has 1 aliphatic heterocycles. The van der Waals surface area contributed by atoms with Gasteiger partial charge in [0, 0.05) is 32.8 Å². The summed E-state index contributed by atoms with van der Waals surface area (Å²) in [5.41, 5.74) is 0. The minimum atomic E-state index is 0.0581. The van der Waals surface area contributed by atoms with Gasteiger partial charge in [-0.3, -0.25) is 4.79 Å². The molecule has 0 spiro atoms.